The van der Waals surface area contributed by atoms with Gasteiger partial charge in [-0.1, -0.05) is 18.2 Å². The Morgan fingerprint density at radius 2 is 1.94 bits per heavy atom. The van der Waals surface area contributed by atoms with Gasteiger partial charge in [0.25, 0.3) is 5.91 Å². The van der Waals surface area contributed by atoms with Crippen LogP contribution in [0.25, 0.3) is 0 Å². The third kappa shape index (κ3) is 3.83. The highest BCUT2D eigenvalue weighted by Gasteiger charge is 2.19. The summed E-state index contributed by atoms with van der Waals surface area (Å²) in [5, 5.41) is 15.8. The summed E-state index contributed by atoms with van der Waals surface area (Å²) in [6.45, 7) is 0. The molecule has 1 atom stereocenters. The number of anilines is 1. The van der Waals surface area contributed by atoms with Crippen LogP contribution in [0.3, 0.4) is 0 Å². The number of amides is 3. The van der Waals surface area contributed by atoms with Crippen LogP contribution < -0.4 is 16.0 Å². The van der Waals surface area contributed by atoms with Crippen LogP contribution in [0.15, 0.2) is 30.3 Å². The molecule has 88 valence electrons. The molecule has 0 saturated heterocycles. The molecule has 17 heavy (non-hydrogen) atoms. The average molecular weight is 232 g/mol. The number of nitrogens with one attached hydrogen (secondary N) is 3. The molecule has 6 heteroatoms. The minimum atomic E-state index is -1.23. The molecule has 1 aromatic rings. The zero-order valence-corrected chi connectivity index (χ0v) is 9.23. The maximum Gasteiger partial charge on any atom is 0.315 e. The molecular formula is C11H12N4O2. The van der Waals surface area contributed by atoms with Gasteiger partial charge in [0, 0.05) is 12.7 Å². The summed E-state index contributed by atoms with van der Waals surface area (Å²) in [6.07, 6.45) is 0. The van der Waals surface area contributed by atoms with E-state index >= 15 is 0 Å². The van der Waals surface area contributed by atoms with Crippen LogP contribution in [0.5, 0.6) is 0 Å². The van der Waals surface area contributed by atoms with Crippen molar-refractivity contribution in [1.29, 1.82) is 5.26 Å². The van der Waals surface area contributed by atoms with Gasteiger partial charge in [0.15, 0.2) is 6.04 Å². The van der Waals surface area contributed by atoms with Crippen molar-refractivity contribution in [3.63, 3.8) is 0 Å². The Morgan fingerprint density at radius 3 is 2.47 bits per heavy atom. The third-order valence-electron chi connectivity index (χ3n) is 1.94. The first-order valence-corrected chi connectivity index (χ1v) is 4.91. The van der Waals surface area contributed by atoms with Crippen LogP contribution in [0, 0.1) is 11.3 Å². The van der Waals surface area contributed by atoms with Crippen LogP contribution in [0.1, 0.15) is 0 Å². The number of carbonyl (C=O) groups is 2. The summed E-state index contributed by atoms with van der Waals surface area (Å²) < 4.78 is 0. The molecule has 0 aliphatic carbocycles. The van der Waals surface area contributed by atoms with Crippen LogP contribution in [-0.4, -0.2) is 25.0 Å². The van der Waals surface area contributed by atoms with E-state index in [1.807, 2.05) is 0 Å². The maximum atomic E-state index is 11.6. The fourth-order valence-electron chi connectivity index (χ4n) is 1.10. The Kier molecular flexibility index (Phi) is 4.51. The number of carbonyl (C=O) groups excluding carboxylic acids is 2. The molecule has 0 spiro atoms. The lowest BCUT2D eigenvalue weighted by molar-refractivity contribution is -0.116. The van der Waals surface area contributed by atoms with Crippen molar-refractivity contribution in [3.05, 3.63) is 30.3 Å². The molecule has 1 rings (SSSR count). The highest BCUT2D eigenvalue weighted by molar-refractivity contribution is 5.98. The van der Waals surface area contributed by atoms with Crippen LogP contribution in [-0.2, 0) is 4.79 Å². The van der Waals surface area contributed by atoms with Gasteiger partial charge in [0.2, 0.25) is 0 Å². The summed E-state index contributed by atoms with van der Waals surface area (Å²) >= 11 is 0. The Bertz CT molecular complexity index is 439. The molecule has 0 saturated carbocycles. The molecule has 1 unspecified atom stereocenters. The molecule has 0 aliphatic rings. The second-order valence-corrected chi connectivity index (χ2v) is 3.14. The van der Waals surface area contributed by atoms with E-state index in [2.05, 4.69) is 16.0 Å². The standard InChI is InChI=1S/C11H12N4O2/c1-13-11(17)15-9(7-12)10(16)14-8-5-3-2-4-6-8/h2-6,9H,1H3,(H,14,16)(H2,13,15,17). The lowest BCUT2D eigenvalue weighted by Gasteiger charge is -2.11. The lowest BCUT2D eigenvalue weighted by Crippen LogP contribution is -2.46. The molecule has 6 nitrogen and oxygen atoms in total. The normalized spacial score (nSPS) is 10.8. The number of nitriles is 1. The van der Waals surface area contributed by atoms with Crippen molar-refractivity contribution in [1.82, 2.24) is 10.6 Å². The Hall–Kier alpha value is -2.55. The highest BCUT2D eigenvalue weighted by atomic mass is 16.2. The summed E-state index contributed by atoms with van der Waals surface area (Å²) in [4.78, 5) is 22.6. The smallest absolute Gasteiger partial charge is 0.315 e. The van der Waals surface area contributed by atoms with Gasteiger partial charge in [0.1, 0.15) is 0 Å². The number of hydrogen-bond acceptors (Lipinski definition) is 3. The molecule has 3 amide bonds. The van der Waals surface area contributed by atoms with E-state index < -0.39 is 18.0 Å². The van der Waals surface area contributed by atoms with Gasteiger partial charge in [-0.2, -0.15) is 5.26 Å². The number of nitrogens with zero attached hydrogens (tertiary/aromatic N) is 1. The van der Waals surface area contributed by atoms with Crippen molar-refractivity contribution >= 4 is 17.6 Å². The van der Waals surface area contributed by atoms with E-state index in [4.69, 9.17) is 5.26 Å². The predicted octanol–water partition coefficient (Wildman–Crippen LogP) is 0.446. The SMILES string of the molecule is CNC(=O)NC(C#N)C(=O)Nc1ccccc1. The summed E-state index contributed by atoms with van der Waals surface area (Å²) in [5.41, 5.74) is 0.566. The minimum absolute atomic E-state index is 0.566. The molecule has 0 bridgehead atoms. The summed E-state index contributed by atoms with van der Waals surface area (Å²) in [5.74, 6) is -0.581. The van der Waals surface area contributed by atoms with Gasteiger partial charge < -0.3 is 16.0 Å². The first-order chi connectivity index (χ1) is 8.17. The average Bonchev–Trinajstić information content (AvgIpc) is 2.36. The fourth-order valence-corrected chi connectivity index (χ4v) is 1.10. The van der Waals surface area contributed by atoms with Gasteiger partial charge in [-0.15, -0.1) is 0 Å². The third-order valence-corrected chi connectivity index (χ3v) is 1.94. The Morgan fingerprint density at radius 1 is 1.29 bits per heavy atom. The molecule has 0 heterocycles. The number of hydrogen-bond donors (Lipinski definition) is 3. The fraction of sp³-hybridized carbons (Fsp3) is 0.182. The van der Waals surface area contributed by atoms with Crippen molar-refractivity contribution in [2.24, 2.45) is 0 Å². The van der Waals surface area contributed by atoms with Crippen molar-refractivity contribution in [3.8, 4) is 6.07 Å². The highest BCUT2D eigenvalue weighted by Crippen LogP contribution is 2.05. The topological polar surface area (TPSA) is 94.0 Å². The van der Waals surface area contributed by atoms with Gasteiger partial charge in [-0.3, -0.25) is 4.79 Å². The molecule has 0 aromatic heterocycles. The lowest BCUT2D eigenvalue weighted by atomic mass is 10.2. The second-order valence-electron chi connectivity index (χ2n) is 3.14. The molecular weight excluding hydrogens is 220 g/mol. The van der Waals surface area contributed by atoms with Gasteiger partial charge >= 0.3 is 6.03 Å². The zero-order valence-electron chi connectivity index (χ0n) is 9.23. The van der Waals surface area contributed by atoms with E-state index in [0.717, 1.165) is 0 Å². The number of urea groups is 1. The van der Waals surface area contributed by atoms with Crippen LogP contribution in [0.4, 0.5) is 10.5 Å². The summed E-state index contributed by atoms with van der Waals surface area (Å²) in [6, 6.07) is 8.58. The largest absolute Gasteiger partial charge is 0.341 e. The second kappa shape index (κ2) is 6.12. The summed E-state index contributed by atoms with van der Waals surface area (Å²) in [7, 11) is 1.40. The predicted molar refractivity (Wildman–Crippen MR) is 62.1 cm³/mol. The van der Waals surface area contributed by atoms with E-state index in [0.29, 0.717) is 5.69 Å². The van der Waals surface area contributed by atoms with E-state index in [1.165, 1.54) is 7.05 Å². The quantitative estimate of drug-likeness (QED) is 0.706. The minimum Gasteiger partial charge on any atom is -0.341 e. The molecule has 1 aromatic carbocycles. The zero-order chi connectivity index (χ0) is 12.7. The number of rotatable bonds is 3. The monoisotopic (exact) mass is 232 g/mol. The van der Waals surface area contributed by atoms with Crippen molar-refractivity contribution < 1.29 is 9.59 Å². The van der Waals surface area contributed by atoms with Crippen LogP contribution in [0.2, 0.25) is 0 Å². The molecule has 0 radical (unpaired) electrons. The first kappa shape index (κ1) is 12.5. The Labute approximate surface area is 98.6 Å². The van der Waals surface area contributed by atoms with Gasteiger partial charge in [-0.25, -0.2) is 4.79 Å². The van der Waals surface area contributed by atoms with Gasteiger partial charge in [0.05, 0.1) is 6.07 Å². The van der Waals surface area contributed by atoms with E-state index in [1.54, 1.807) is 36.4 Å². The number of benzene rings is 1. The molecule has 3 N–H and O–H groups in total. The van der Waals surface area contributed by atoms with E-state index in [9.17, 15) is 9.59 Å². The first-order valence-electron chi connectivity index (χ1n) is 4.91. The molecule has 0 fully saturated rings. The van der Waals surface area contributed by atoms with Crippen molar-refractivity contribution in [2.75, 3.05) is 12.4 Å². The van der Waals surface area contributed by atoms with E-state index in [-0.39, 0.29) is 0 Å². The Balaban J connectivity index is 2.62. The maximum absolute atomic E-state index is 11.6. The molecule has 0 aliphatic heterocycles. The van der Waals surface area contributed by atoms with Crippen LogP contribution >= 0.6 is 0 Å². The number of para-hydroxylation sites is 1. The van der Waals surface area contributed by atoms with Crippen molar-refractivity contribution in [2.45, 2.75) is 6.04 Å². The van der Waals surface area contributed by atoms with Gasteiger partial charge in [-0.05, 0) is 12.1 Å².